The Labute approximate surface area is 111 Å². The molecule has 1 atom stereocenters. The molecule has 0 amide bonds. The van der Waals surface area contributed by atoms with Crippen LogP contribution in [0.4, 0.5) is 0 Å². The summed E-state index contributed by atoms with van der Waals surface area (Å²) < 4.78 is 10.5. The highest BCUT2D eigenvalue weighted by atomic mass is 35.5. The second-order valence-corrected chi connectivity index (χ2v) is 4.67. The van der Waals surface area contributed by atoms with Gasteiger partial charge in [0, 0.05) is 11.1 Å². The Morgan fingerprint density at radius 2 is 2.06 bits per heavy atom. The molecular weight excluding hydrogens is 250 g/mol. The minimum Gasteiger partial charge on any atom is -0.496 e. The van der Waals surface area contributed by atoms with Crippen LogP contribution in [0.15, 0.2) is 28.9 Å². The maximum Gasteiger partial charge on any atom is 0.198 e. The predicted octanol–water partition coefficient (Wildman–Crippen LogP) is 3.61. The average Bonchev–Trinajstić information content (AvgIpc) is 2.73. The van der Waals surface area contributed by atoms with Gasteiger partial charge in [-0.2, -0.15) is 0 Å². The van der Waals surface area contributed by atoms with E-state index in [2.05, 4.69) is 6.07 Å². The zero-order valence-corrected chi connectivity index (χ0v) is 11.4. The van der Waals surface area contributed by atoms with E-state index >= 15 is 0 Å². The third kappa shape index (κ3) is 2.24. The molecule has 0 bridgehead atoms. The first kappa shape index (κ1) is 13.0. The van der Waals surface area contributed by atoms with E-state index < -0.39 is 0 Å². The number of halogens is 1. The van der Waals surface area contributed by atoms with Crippen LogP contribution in [0.25, 0.3) is 0 Å². The third-order valence-electron chi connectivity index (χ3n) is 3.01. The topological polar surface area (TPSA) is 48.4 Å². The highest BCUT2D eigenvalue weighted by Gasteiger charge is 2.20. The lowest BCUT2D eigenvalue weighted by Gasteiger charge is -2.18. The van der Waals surface area contributed by atoms with Gasteiger partial charge in [0.25, 0.3) is 0 Å². The second kappa shape index (κ2) is 5.04. The van der Waals surface area contributed by atoms with Crippen LogP contribution >= 0.6 is 11.6 Å². The first-order valence-electron chi connectivity index (χ1n) is 5.68. The second-order valence-electron chi connectivity index (χ2n) is 4.33. The van der Waals surface area contributed by atoms with Gasteiger partial charge in [-0.3, -0.25) is 0 Å². The van der Waals surface area contributed by atoms with E-state index in [9.17, 15) is 0 Å². The van der Waals surface area contributed by atoms with Crippen LogP contribution < -0.4 is 10.5 Å². The van der Waals surface area contributed by atoms with E-state index in [0.717, 1.165) is 28.0 Å². The summed E-state index contributed by atoms with van der Waals surface area (Å²) in [5, 5.41) is 0.324. The molecule has 2 N–H and O–H groups in total. The van der Waals surface area contributed by atoms with Crippen molar-refractivity contribution in [2.24, 2.45) is 5.73 Å². The zero-order valence-electron chi connectivity index (χ0n) is 10.7. The molecule has 2 rings (SSSR count). The summed E-state index contributed by atoms with van der Waals surface area (Å²) in [4.78, 5) is 0. The van der Waals surface area contributed by atoms with Crippen molar-refractivity contribution < 1.29 is 9.15 Å². The number of aryl methyl sites for hydroxylation is 2. The van der Waals surface area contributed by atoms with E-state index in [1.807, 2.05) is 19.9 Å². The summed E-state index contributed by atoms with van der Waals surface area (Å²) in [6, 6.07) is 5.47. The Kier molecular flexibility index (Phi) is 3.64. The van der Waals surface area contributed by atoms with E-state index in [-0.39, 0.29) is 6.04 Å². The Morgan fingerprint density at radius 1 is 1.33 bits per heavy atom. The van der Waals surface area contributed by atoms with Crippen LogP contribution in [0, 0.1) is 13.8 Å². The van der Waals surface area contributed by atoms with Crippen LogP contribution in [-0.2, 0) is 0 Å². The Balaban J connectivity index is 2.54. The minimum atomic E-state index is -0.355. The fourth-order valence-corrected chi connectivity index (χ4v) is 2.42. The molecule has 0 aliphatic heterocycles. The molecule has 0 saturated carbocycles. The molecule has 18 heavy (non-hydrogen) atoms. The number of hydrogen-bond acceptors (Lipinski definition) is 3. The number of furan rings is 1. The summed E-state index contributed by atoms with van der Waals surface area (Å²) >= 11 is 5.98. The number of ether oxygens (including phenoxy) is 1. The van der Waals surface area contributed by atoms with Crippen LogP contribution in [-0.4, -0.2) is 7.11 Å². The van der Waals surface area contributed by atoms with E-state index in [1.165, 1.54) is 6.26 Å². The Morgan fingerprint density at radius 3 is 2.61 bits per heavy atom. The van der Waals surface area contributed by atoms with Crippen molar-refractivity contribution in [3.8, 4) is 5.75 Å². The monoisotopic (exact) mass is 265 g/mol. The molecule has 1 aromatic heterocycles. The highest BCUT2D eigenvalue weighted by molar-refractivity contribution is 6.29. The van der Waals surface area contributed by atoms with E-state index in [4.69, 9.17) is 26.5 Å². The molecule has 96 valence electrons. The first-order chi connectivity index (χ1) is 8.54. The van der Waals surface area contributed by atoms with Gasteiger partial charge < -0.3 is 14.9 Å². The molecule has 0 radical (unpaired) electrons. The van der Waals surface area contributed by atoms with Crippen molar-refractivity contribution >= 4 is 11.6 Å². The van der Waals surface area contributed by atoms with Crippen molar-refractivity contribution in [2.45, 2.75) is 19.9 Å². The number of benzene rings is 1. The van der Waals surface area contributed by atoms with Crippen molar-refractivity contribution in [3.63, 3.8) is 0 Å². The van der Waals surface area contributed by atoms with Gasteiger partial charge in [0.05, 0.1) is 19.4 Å². The molecule has 2 aromatic rings. The smallest absolute Gasteiger partial charge is 0.198 e. The van der Waals surface area contributed by atoms with Gasteiger partial charge in [-0.05, 0) is 48.7 Å². The molecule has 1 aromatic carbocycles. The summed E-state index contributed by atoms with van der Waals surface area (Å²) in [5.74, 6) is 0.775. The quantitative estimate of drug-likeness (QED) is 0.922. The van der Waals surface area contributed by atoms with Gasteiger partial charge in [0.15, 0.2) is 5.22 Å². The lowest BCUT2D eigenvalue weighted by molar-refractivity contribution is 0.407. The third-order valence-corrected chi connectivity index (χ3v) is 3.31. The van der Waals surface area contributed by atoms with Crippen molar-refractivity contribution in [2.75, 3.05) is 7.11 Å². The van der Waals surface area contributed by atoms with Crippen LogP contribution in [0.2, 0.25) is 5.22 Å². The molecule has 0 aliphatic carbocycles. The molecule has 4 heteroatoms. The van der Waals surface area contributed by atoms with Crippen molar-refractivity contribution in [3.05, 3.63) is 51.9 Å². The van der Waals surface area contributed by atoms with Crippen LogP contribution in [0.5, 0.6) is 5.75 Å². The fraction of sp³-hybridized carbons (Fsp3) is 0.286. The van der Waals surface area contributed by atoms with Gasteiger partial charge in [0.1, 0.15) is 5.75 Å². The van der Waals surface area contributed by atoms with Gasteiger partial charge >= 0.3 is 0 Å². The molecule has 0 saturated heterocycles. The lowest BCUT2D eigenvalue weighted by Crippen LogP contribution is -2.14. The van der Waals surface area contributed by atoms with Gasteiger partial charge in [0.2, 0.25) is 0 Å². The number of hydrogen-bond donors (Lipinski definition) is 1. The van der Waals surface area contributed by atoms with Crippen LogP contribution in [0.1, 0.15) is 28.3 Å². The maximum atomic E-state index is 6.26. The Hall–Kier alpha value is -1.45. The SMILES string of the molecule is COc1cc(C)cc(C)c1C(N)c1ccoc1Cl. The number of nitrogens with two attached hydrogens (primary N) is 1. The molecule has 0 spiro atoms. The molecular formula is C14H16ClNO2. The number of rotatable bonds is 3. The van der Waals surface area contributed by atoms with Crippen molar-refractivity contribution in [1.82, 2.24) is 0 Å². The molecule has 1 heterocycles. The minimum absolute atomic E-state index is 0.324. The van der Waals surface area contributed by atoms with Crippen LogP contribution in [0.3, 0.4) is 0 Å². The standard InChI is InChI=1S/C14H16ClNO2/c1-8-6-9(2)12(11(7-8)17-3)13(16)10-4-5-18-14(10)15/h4-7,13H,16H2,1-3H3. The predicted molar refractivity (Wildman–Crippen MR) is 72.2 cm³/mol. The summed E-state index contributed by atoms with van der Waals surface area (Å²) in [7, 11) is 1.64. The zero-order chi connectivity index (χ0) is 13.3. The normalized spacial score (nSPS) is 12.5. The largest absolute Gasteiger partial charge is 0.496 e. The fourth-order valence-electron chi connectivity index (χ4n) is 2.19. The summed E-state index contributed by atoms with van der Waals surface area (Å²) in [6.45, 7) is 4.04. The van der Waals surface area contributed by atoms with E-state index in [1.54, 1.807) is 13.2 Å². The summed E-state index contributed by atoms with van der Waals surface area (Å²) in [5.41, 5.74) is 10.2. The molecule has 0 fully saturated rings. The first-order valence-corrected chi connectivity index (χ1v) is 6.06. The summed E-state index contributed by atoms with van der Waals surface area (Å²) in [6.07, 6.45) is 1.54. The average molecular weight is 266 g/mol. The van der Waals surface area contributed by atoms with Crippen molar-refractivity contribution in [1.29, 1.82) is 0 Å². The van der Waals surface area contributed by atoms with Gasteiger partial charge in [-0.1, -0.05) is 6.07 Å². The lowest BCUT2D eigenvalue weighted by atomic mass is 9.95. The van der Waals surface area contributed by atoms with E-state index in [0.29, 0.717) is 5.22 Å². The van der Waals surface area contributed by atoms with Gasteiger partial charge in [-0.25, -0.2) is 0 Å². The Bertz CT molecular complexity index is 563. The molecule has 1 unspecified atom stereocenters. The highest BCUT2D eigenvalue weighted by Crippen LogP contribution is 2.35. The maximum absolute atomic E-state index is 6.26. The van der Waals surface area contributed by atoms with Gasteiger partial charge in [-0.15, -0.1) is 0 Å². The molecule has 3 nitrogen and oxygen atoms in total. The number of methoxy groups -OCH3 is 1. The molecule has 0 aliphatic rings.